The molecule has 6 aromatic carbocycles. The number of hydrogen-bond donors (Lipinski definition) is 12. The molecule has 6 aromatic rings. The lowest BCUT2D eigenvalue weighted by atomic mass is 9.85. The summed E-state index contributed by atoms with van der Waals surface area (Å²) in [7, 11) is 3.12. The van der Waals surface area contributed by atoms with Gasteiger partial charge in [0.15, 0.2) is 0 Å². The summed E-state index contributed by atoms with van der Waals surface area (Å²) < 4.78 is 12.2. The molecule has 6 aliphatic rings. The van der Waals surface area contributed by atoms with Crippen molar-refractivity contribution in [2.45, 2.75) is 159 Å². The van der Waals surface area contributed by atoms with Gasteiger partial charge < -0.3 is 82.4 Å². The molecule has 12 rings (SSSR count). The van der Waals surface area contributed by atoms with Crippen molar-refractivity contribution in [2.75, 3.05) is 40.4 Å². The predicted octanol–water partition coefficient (Wildman–Crippen LogP) is 2.62. The Kier molecular flexibility index (Phi) is 26.1. The minimum atomic E-state index is -1.61. The first kappa shape index (κ1) is 77.5. The smallest absolute Gasteiger partial charge is 0.326 e. The lowest BCUT2D eigenvalue weighted by molar-refractivity contribution is -0.145. The van der Waals surface area contributed by atoms with Gasteiger partial charge in [0.25, 0.3) is 5.91 Å². The molecule has 1 unspecified atom stereocenters. The number of ether oxygens (including phenoxy) is 2. The van der Waals surface area contributed by atoms with Gasteiger partial charge in [0.2, 0.25) is 47.3 Å². The number of likely N-dealkylation sites (N-methyl/N-ethyl adjacent to an activating group) is 2. The molecule has 0 aliphatic carbocycles. The number of carboxylic acids is 2. The quantitative estimate of drug-likeness (QED) is 0.0657. The minimum absolute atomic E-state index is 0.0311. The average Bonchev–Trinajstić information content (AvgIpc) is 1.65. The fourth-order valence-corrected chi connectivity index (χ4v) is 12.9. The largest absolute Gasteiger partial charge is 0.490 e. The monoisotopic (exact) mass is 1430 g/mol. The van der Waals surface area contributed by atoms with Gasteiger partial charge in [-0.25, -0.2) is 9.59 Å². The van der Waals surface area contributed by atoms with Crippen LogP contribution in [0.4, 0.5) is 0 Å². The van der Waals surface area contributed by atoms with Gasteiger partial charge in [0.1, 0.15) is 60.7 Å². The summed E-state index contributed by atoms with van der Waals surface area (Å²) in [6.45, 7) is 9.26. The highest BCUT2D eigenvalue weighted by Crippen LogP contribution is 2.29. The number of amides is 9. The summed E-state index contributed by atoms with van der Waals surface area (Å²) in [4.78, 5) is 159. The van der Waals surface area contributed by atoms with Gasteiger partial charge in [0.05, 0.1) is 30.9 Å². The zero-order valence-electron chi connectivity index (χ0n) is 59.5. The number of carboxylic acid groups (broad SMARTS) is 2. The standard InChI is InChI=1S/C77H93N11O16/c1-43(78-7)66(90)85-64(45(3)89)73(97)88-42-57-40-63(88)72(96)82-59(38-49-22-26-51-16-10-12-18-54(51)34-49)70(94)83-60(75(99)100)35-46-19-27-52(28-20-46)68(92)80-55-39-62(87(41-55)74(98)65(77(4,5)6)86-67(91)44(2)79-8)71(95)81-58(37-48-21-25-50-15-9-11-17-53(50)33-48)69(93)84-61(76(101)102)36-47-23-29-56(30-24-47)103-31-13-14-32-104-57/h9-30,33-34,43-45,55,57-65,78-79,89H,31-32,35-42H2,1-8H3,(H,80,92)(H,81,95)(H,82,96)(H,83,94)(H,84,93)(H,85,90)(H,86,91)(H,99,100)(H,101,102)/b14-13+/t43-,44-,45?,55-,57-,58-,59-,60-,61-,62-,63-,64-,65+/m0/s1. The van der Waals surface area contributed by atoms with Crippen LogP contribution >= 0.6 is 0 Å². The van der Waals surface area contributed by atoms with Crippen molar-refractivity contribution in [1.82, 2.24) is 57.7 Å². The van der Waals surface area contributed by atoms with E-state index in [1.165, 1.54) is 41.0 Å². The Morgan fingerprint density at radius 1 is 0.548 bits per heavy atom. The fourth-order valence-electron chi connectivity index (χ4n) is 12.9. The van der Waals surface area contributed by atoms with E-state index in [0.29, 0.717) is 28.0 Å². The van der Waals surface area contributed by atoms with Crippen LogP contribution in [0.5, 0.6) is 5.75 Å². The third kappa shape index (κ3) is 20.2. The van der Waals surface area contributed by atoms with E-state index >= 15 is 9.59 Å². The van der Waals surface area contributed by atoms with Crippen molar-refractivity contribution in [1.29, 1.82) is 0 Å². The number of nitrogens with one attached hydrogen (secondary N) is 9. The summed E-state index contributed by atoms with van der Waals surface area (Å²) in [5.74, 6) is -9.04. The number of benzene rings is 6. The molecule has 2 fully saturated rings. The number of hydrogen-bond acceptors (Lipinski definition) is 16. The first-order chi connectivity index (χ1) is 49.6. The summed E-state index contributed by atoms with van der Waals surface area (Å²) in [5, 5.41) is 60.7. The maximum Gasteiger partial charge on any atom is 0.326 e. The maximum absolute atomic E-state index is 15.2. The van der Waals surface area contributed by atoms with E-state index < -0.39 is 149 Å². The highest BCUT2D eigenvalue weighted by molar-refractivity contribution is 5.99. The van der Waals surface area contributed by atoms with Gasteiger partial charge in [-0.3, -0.25) is 43.2 Å². The maximum atomic E-state index is 15.2. The van der Waals surface area contributed by atoms with E-state index in [9.17, 15) is 58.5 Å². The normalized spacial score (nSPS) is 23.0. The van der Waals surface area contributed by atoms with Gasteiger partial charge >= 0.3 is 11.9 Å². The predicted molar refractivity (Wildman–Crippen MR) is 386 cm³/mol. The molecular weight excluding hydrogens is 1330 g/mol. The van der Waals surface area contributed by atoms with Crippen molar-refractivity contribution in [2.24, 2.45) is 5.41 Å². The molecule has 0 radical (unpaired) electrons. The van der Waals surface area contributed by atoms with E-state index in [1.54, 1.807) is 97.3 Å². The van der Waals surface area contributed by atoms with E-state index in [4.69, 9.17) is 9.47 Å². The van der Waals surface area contributed by atoms with E-state index in [0.717, 1.165) is 21.5 Å². The number of likely N-dealkylation sites (tertiary alicyclic amines) is 2. The summed E-state index contributed by atoms with van der Waals surface area (Å²) in [5.41, 5.74) is 1.20. The lowest BCUT2D eigenvalue weighted by Gasteiger charge is -2.36. The highest BCUT2D eigenvalue weighted by atomic mass is 16.5. The van der Waals surface area contributed by atoms with Crippen LogP contribution in [0.3, 0.4) is 0 Å². The number of nitrogens with zero attached hydrogens (tertiary/aromatic N) is 2. The third-order valence-corrected chi connectivity index (χ3v) is 19.1. The molecule has 0 saturated carbocycles. The van der Waals surface area contributed by atoms with Crippen LogP contribution in [0.1, 0.15) is 87.0 Å². The second kappa shape index (κ2) is 35.0. The molecule has 6 aliphatic heterocycles. The Morgan fingerprint density at radius 2 is 1.02 bits per heavy atom. The summed E-state index contributed by atoms with van der Waals surface area (Å²) in [6, 6.07) is 24.4. The zero-order valence-corrected chi connectivity index (χ0v) is 59.5. The second-order valence-corrected chi connectivity index (χ2v) is 27.9. The Morgan fingerprint density at radius 3 is 1.51 bits per heavy atom. The molecule has 8 bridgehead atoms. The van der Waals surface area contributed by atoms with Crippen LogP contribution in [0.15, 0.2) is 146 Å². The Labute approximate surface area is 603 Å². The van der Waals surface area contributed by atoms with Crippen LogP contribution in [-0.4, -0.2) is 209 Å². The molecule has 552 valence electrons. The van der Waals surface area contributed by atoms with E-state index in [2.05, 4.69) is 47.9 Å². The molecule has 27 nitrogen and oxygen atoms in total. The molecule has 2 saturated heterocycles. The van der Waals surface area contributed by atoms with Crippen molar-refractivity contribution >= 4 is 86.6 Å². The molecular formula is C77H93N11O16. The van der Waals surface area contributed by atoms with Crippen LogP contribution in [-0.2, 0) is 78.4 Å². The van der Waals surface area contributed by atoms with Gasteiger partial charge in [-0.2, -0.15) is 0 Å². The van der Waals surface area contributed by atoms with Crippen LogP contribution in [0.2, 0.25) is 0 Å². The van der Waals surface area contributed by atoms with Crippen LogP contribution < -0.4 is 52.6 Å². The molecule has 12 N–H and O–H groups in total. The molecule has 13 atom stereocenters. The van der Waals surface area contributed by atoms with Crippen LogP contribution in [0, 0.1) is 5.41 Å². The molecule has 104 heavy (non-hydrogen) atoms. The number of fused-ring (bicyclic) bond motifs is 2. The first-order valence-electron chi connectivity index (χ1n) is 34.8. The van der Waals surface area contributed by atoms with Crippen molar-refractivity contribution < 1.29 is 77.5 Å². The Balaban J connectivity index is 1.05. The average molecular weight is 1430 g/mol. The van der Waals surface area contributed by atoms with E-state index in [1.807, 2.05) is 72.8 Å². The number of aliphatic hydroxyl groups is 1. The number of carbonyl (C=O) groups excluding carboxylic acids is 9. The topological polar surface area (TPSA) is 382 Å². The molecule has 0 spiro atoms. The third-order valence-electron chi connectivity index (χ3n) is 19.1. The van der Waals surface area contributed by atoms with Gasteiger partial charge in [-0.05, 0) is 121 Å². The molecule has 27 heteroatoms. The second-order valence-electron chi connectivity index (χ2n) is 27.9. The summed E-state index contributed by atoms with van der Waals surface area (Å²) >= 11 is 0. The van der Waals surface area contributed by atoms with Crippen LogP contribution in [0.25, 0.3) is 21.5 Å². The van der Waals surface area contributed by atoms with Gasteiger partial charge in [0, 0.05) is 56.8 Å². The zero-order chi connectivity index (χ0) is 75.1. The number of carbonyl (C=O) groups is 11. The summed E-state index contributed by atoms with van der Waals surface area (Å²) in [6.07, 6.45) is -0.0231. The highest BCUT2D eigenvalue weighted by Gasteiger charge is 2.48. The SMILES string of the molecule is CN[C@@H](C)C(=O)N[C@H](C(=O)N1C[C@@H]2C[C@H]1C(=O)N[C@@H](Cc1ccc3ccccc3c1)C(=O)N[C@H](C(=O)O)Cc1ccc(cc1)C(=O)N[C@H]1C[C@@H](C(=O)N[C@@H](Cc3ccc4ccccc4c3)C(=O)N[C@H](C(=O)O)Cc3ccc(cc3)OC/C=C/CO2)N(C(=O)[C@@H](NC(=O)[C@H](C)NC)C(C)(C)C)C1)C(C)O. The lowest BCUT2D eigenvalue weighted by Crippen LogP contribution is -2.61. The molecule has 0 aromatic heterocycles. The molecule has 6 heterocycles. The Bertz CT molecular complexity index is 4160. The van der Waals surface area contributed by atoms with Crippen molar-refractivity contribution in [3.8, 4) is 5.75 Å². The van der Waals surface area contributed by atoms with Crippen molar-refractivity contribution in [3.05, 3.63) is 173 Å². The Hall–Kier alpha value is -10.6. The van der Waals surface area contributed by atoms with Crippen molar-refractivity contribution in [3.63, 3.8) is 0 Å². The van der Waals surface area contributed by atoms with Gasteiger partial charge in [-0.15, -0.1) is 0 Å². The number of rotatable bonds is 15. The minimum Gasteiger partial charge on any atom is -0.490 e. The molecule has 9 amide bonds. The van der Waals surface area contributed by atoms with E-state index in [-0.39, 0.29) is 70.4 Å². The fraction of sp³-hybridized carbons (Fsp3) is 0.416. The first-order valence-corrected chi connectivity index (χ1v) is 34.8. The van der Waals surface area contributed by atoms with Gasteiger partial charge in [-0.1, -0.05) is 136 Å². The number of aliphatic carboxylic acids is 2. The number of aliphatic hydroxyl groups excluding tert-OH is 1.